The number of carbonyl (C=O) groups excluding carboxylic acids is 1. The monoisotopic (exact) mass is 436 g/mol. The molecule has 0 bridgehead atoms. The van der Waals surface area contributed by atoms with Crippen LogP contribution in [-0.4, -0.2) is 34.0 Å². The van der Waals surface area contributed by atoms with Gasteiger partial charge >= 0.3 is 0 Å². The maximum Gasteiger partial charge on any atom is 0.264 e. The van der Waals surface area contributed by atoms with Gasteiger partial charge in [0.2, 0.25) is 0 Å². The highest BCUT2D eigenvalue weighted by Crippen LogP contribution is 2.28. The first-order valence-electron chi connectivity index (χ1n) is 10.0. The van der Waals surface area contributed by atoms with Gasteiger partial charge in [-0.15, -0.1) is 0 Å². The second-order valence-electron chi connectivity index (χ2n) is 7.60. The number of fused-ring (bicyclic) bond motifs is 1. The Bertz CT molecular complexity index is 1180. The number of hydrogen-bond acceptors (Lipinski definition) is 4. The molecule has 1 N–H and O–H groups in total. The summed E-state index contributed by atoms with van der Waals surface area (Å²) in [6.45, 7) is 2.28. The Morgan fingerprint density at radius 2 is 1.81 bits per heavy atom. The van der Waals surface area contributed by atoms with E-state index < -0.39 is 10.0 Å². The van der Waals surface area contributed by atoms with Crippen LogP contribution in [0.1, 0.15) is 21.5 Å². The van der Waals surface area contributed by atoms with Gasteiger partial charge in [0.05, 0.1) is 17.1 Å². The number of sulfonamides is 1. The first-order valence-corrected chi connectivity index (χ1v) is 11.5. The molecule has 1 amide bonds. The standard InChI is InChI=1S/C24H24N2O4S/c1-17-10-12-20(13-11-17)26(2)31(28,29)22-8-5-7-19(15-22)24(27)25-16-21-14-18-6-3-4-9-23(18)30-21/h3-13,15,21H,14,16H2,1-2H3,(H,25,27). The van der Waals surface area contributed by atoms with Crippen LogP contribution in [0.4, 0.5) is 5.69 Å². The van der Waals surface area contributed by atoms with Crippen molar-refractivity contribution in [2.75, 3.05) is 17.9 Å². The van der Waals surface area contributed by atoms with Crippen LogP contribution in [0.25, 0.3) is 0 Å². The van der Waals surface area contributed by atoms with Crippen LogP contribution in [0.15, 0.2) is 77.7 Å². The molecule has 3 aromatic carbocycles. The molecule has 7 heteroatoms. The van der Waals surface area contributed by atoms with Crippen LogP contribution in [0.5, 0.6) is 5.75 Å². The minimum absolute atomic E-state index is 0.0627. The quantitative estimate of drug-likeness (QED) is 0.641. The van der Waals surface area contributed by atoms with E-state index in [2.05, 4.69) is 5.32 Å². The van der Waals surface area contributed by atoms with Crippen molar-refractivity contribution < 1.29 is 17.9 Å². The van der Waals surface area contributed by atoms with Gasteiger partial charge in [0.15, 0.2) is 0 Å². The molecule has 0 spiro atoms. The fourth-order valence-electron chi connectivity index (χ4n) is 3.53. The first-order chi connectivity index (χ1) is 14.8. The topological polar surface area (TPSA) is 75.7 Å². The van der Waals surface area contributed by atoms with Crippen LogP contribution in [-0.2, 0) is 16.4 Å². The third-order valence-corrected chi connectivity index (χ3v) is 7.14. The van der Waals surface area contributed by atoms with Gasteiger partial charge in [-0.1, -0.05) is 42.0 Å². The lowest BCUT2D eigenvalue weighted by molar-refractivity contribution is 0.0933. The van der Waals surface area contributed by atoms with E-state index >= 15 is 0 Å². The Kier molecular flexibility index (Phi) is 5.69. The van der Waals surface area contributed by atoms with Crippen molar-refractivity contribution >= 4 is 21.6 Å². The van der Waals surface area contributed by atoms with Gasteiger partial charge in [0, 0.05) is 19.0 Å². The molecule has 0 saturated carbocycles. The lowest BCUT2D eigenvalue weighted by Gasteiger charge is -2.20. The molecule has 0 aliphatic carbocycles. The lowest BCUT2D eigenvalue weighted by atomic mass is 10.1. The summed E-state index contributed by atoms with van der Waals surface area (Å²) in [5.41, 5.74) is 3.00. The van der Waals surface area contributed by atoms with E-state index in [4.69, 9.17) is 4.74 Å². The minimum atomic E-state index is -3.80. The molecule has 0 radical (unpaired) electrons. The highest BCUT2D eigenvalue weighted by molar-refractivity contribution is 7.92. The number of hydrogen-bond donors (Lipinski definition) is 1. The van der Waals surface area contributed by atoms with E-state index in [9.17, 15) is 13.2 Å². The van der Waals surface area contributed by atoms with Gasteiger partial charge in [0.1, 0.15) is 11.9 Å². The summed E-state index contributed by atoms with van der Waals surface area (Å²) in [6, 6.07) is 21.1. The molecule has 1 heterocycles. The number of ether oxygens (including phenoxy) is 1. The lowest BCUT2D eigenvalue weighted by Crippen LogP contribution is -2.34. The summed E-state index contributed by atoms with van der Waals surface area (Å²) >= 11 is 0. The van der Waals surface area contributed by atoms with E-state index in [1.807, 2.05) is 43.3 Å². The molecule has 31 heavy (non-hydrogen) atoms. The van der Waals surface area contributed by atoms with Crippen molar-refractivity contribution in [1.82, 2.24) is 5.32 Å². The highest BCUT2D eigenvalue weighted by Gasteiger charge is 2.24. The maximum atomic E-state index is 13.1. The summed E-state index contributed by atoms with van der Waals surface area (Å²) in [7, 11) is -2.30. The van der Waals surface area contributed by atoms with Gasteiger partial charge in [-0.3, -0.25) is 9.10 Å². The summed E-state index contributed by atoms with van der Waals surface area (Å²) in [5, 5.41) is 2.85. The molecule has 0 saturated heterocycles. The molecule has 1 unspecified atom stereocenters. The average molecular weight is 437 g/mol. The summed E-state index contributed by atoms with van der Waals surface area (Å²) in [6.07, 6.45) is 0.590. The Morgan fingerprint density at radius 3 is 2.55 bits per heavy atom. The number of para-hydroxylation sites is 1. The zero-order valence-corrected chi connectivity index (χ0v) is 18.2. The first kappa shape index (κ1) is 20.9. The van der Waals surface area contributed by atoms with Crippen molar-refractivity contribution in [3.8, 4) is 5.75 Å². The van der Waals surface area contributed by atoms with Gasteiger partial charge in [0.25, 0.3) is 15.9 Å². The van der Waals surface area contributed by atoms with Crippen molar-refractivity contribution in [1.29, 1.82) is 0 Å². The van der Waals surface area contributed by atoms with Crippen LogP contribution in [0, 0.1) is 6.92 Å². The summed E-state index contributed by atoms with van der Waals surface area (Å²) < 4.78 is 33.2. The van der Waals surface area contributed by atoms with Gasteiger partial charge in [-0.2, -0.15) is 0 Å². The van der Waals surface area contributed by atoms with Crippen LogP contribution < -0.4 is 14.4 Å². The average Bonchev–Trinajstić information content (AvgIpc) is 3.20. The van der Waals surface area contributed by atoms with Crippen molar-refractivity contribution in [2.24, 2.45) is 0 Å². The molecular weight excluding hydrogens is 412 g/mol. The molecule has 3 aromatic rings. The smallest absolute Gasteiger partial charge is 0.264 e. The minimum Gasteiger partial charge on any atom is -0.488 e. The van der Waals surface area contributed by atoms with Gasteiger partial charge in [-0.05, 0) is 48.9 Å². The Hall–Kier alpha value is -3.32. The van der Waals surface area contributed by atoms with Crippen LogP contribution >= 0.6 is 0 Å². The SMILES string of the molecule is Cc1ccc(N(C)S(=O)(=O)c2cccc(C(=O)NCC3Cc4ccccc4O3)c2)cc1. The largest absolute Gasteiger partial charge is 0.488 e. The number of anilines is 1. The fourth-order valence-corrected chi connectivity index (χ4v) is 4.77. The summed E-state index contributed by atoms with van der Waals surface area (Å²) in [5.74, 6) is 0.503. The molecule has 160 valence electrons. The number of nitrogens with zero attached hydrogens (tertiary/aromatic N) is 1. The third kappa shape index (κ3) is 4.41. The van der Waals surface area contributed by atoms with Gasteiger partial charge in [-0.25, -0.2) is 8.42 Å². The van der Waals surface area contributed by atoms with Crippen LogP contribution in [0.2, 0.25) is 0 Å². The van der Waals surface area contributed by atoms with Crippen molar-refractivity contribution in [3.63, 3.8) is 0 Å². The Balaban J connectivity index is 1.45. The number of rotatable bonds is 6. The zero-order valence-electron chi connectivity index (χ0n) is 17.4. The van der Waals surface area contributed by atoms with E-state index in [0.29, 0.717) is 12.2 Å². The molecule has 1 aliphatic rings. The molecule has 1 atom stereocenters. The van der Waals surface area contributed by atoms with Crippen molar-refractivity contribution in [2.45, 2.75) is 24.3 Å². The number of amides is 1. The molecular formula is C24H24N2O4S. The number of benzene rings is 3. The molecule has 4 rings (SSSR count). The van der Waals surface area contributed by atoms with Gasteiger partial charge < -0.3 is 10.1 Å². The number of nitrogens with one attached hydrogen (secondary N) is 1. The molecule has 6 nitrogen and oxygen atoms in total. The van der Waals surface area contributed by atoms with Crippen molar-refractivity contribution in [3.05, 3.63) is 89.5 Å². The molecule has 0 aromatic heterocycles. The Morgan fingerprint density at radius 1 is 1.06 bits per heavy atom. The normalized spacial score (nSPS) is 15.1. The fraction of sp³-hybridized carbons (Fsp3) is 0.208. The van der Waals surface area contributed by atoms with E-state index in [1.54, 1.807) is 24.3 Å². The Labute approximate surface area is 182 Å². The third-order valence-electron chi connectivity index (χ3n) is 5.36. The van der Waals surface area contributed by atoms with Crippen LogP contribution in [0.3, 0.4) is 0 Å². The second kappa shape index (κ2) is 8.43. The van der Waals surface area contributed by atoms with E-state index in [1.165, 1.54) is 23.5 Å². The second-order valence-corrected chi connectivity index (χ2v) is 9.57. The maximum absolute atomic E-state index is 13.1. The molecule has 0 fully saturated rings. The highest BCUT2D eigenvalue weighted by atomic mass is 32.2. The predicted octanol–water partition coefficient (Wildman–Crippen LogP) is 3.55. The summed E-state index contributed by atoms with van der Waals surface area (Å²) in [4.78, 5) is 12.7. The number of aryl methyl sites for hydroxylation is 1. The predicted molar refractivity (Wildman–Crippen MR) is 120 cm³/mol. The number of carbonyl (C=O) groups is 1. The molecule has 1 aliphatic heterocycles. The van der Waals surface area contributed by atoms with E-state index in [-0.39, 0.29) is 22.5 Å². The van der Waals surface area contributed by atoms with E-state index in [0.717, 1.165) is 23.3 Å². The zero-order chi connectivity index (χ0) is 22.0.